The van der Waals surface area contributed by atoms with Crippen molar-refractivity contribution in [3.05, 3.63) is 29.8 Å². The summed E-state index contributed by atoms with van der Waals surface area (Å²) in [5.74, 6) is -0.479. The molecule has 5 nitrogen and oxygen atoms in total. The van der Waals surface area contributed by atoms with Crippen LogP contribution in [0.2, 0.25) is 0 Å². The molecule has 0 aliphatic carbocycles. The van der Waals surface area contributed by atoms with Gasteiger partial charge in [0.2, 0.25) is 0 Å². The van der Waals surface area contributed by atoms with E-state index in [9.17, 15) is 9.59 Å². The number of amides is 1. The van der Waals surface area contributed by atoms with Gasteiger partial charge in [0.1, 0.15) is 6.10 Å². The Bertz CT molecular complexity index is 463. The highest BCUT2D eigenvalue weighted by Gasteiger charge is 2.23. The van der Waals surface area contributed by atoms with Crippen LogP contribution in [0.15, 0.2) is 24.3 Å². The summed E-state index contributed by atoms with van der Waals surface area (Å²) in [4.78, 5) is 23.5. The molecule has 0 aromatic heterocycles. The van der Waals surface area contributed by atoms with Crippen molar-refractivity contribution in [2.24, 2.45) is 0 Å². The van der Waals surface area contributed by atoms with E-state index >= 15 is 0 Å². The van der Waals surface area contributed by atoms with Gasteiger partial charge in [-0.2, -0.15) is 0 Å². The predicted molar refractivity (Wildman–Crippen MR) is 74.6 cm³/mol. The predicted octanol–water partition coefficient (Wildman–Crippen LogP) is 2.37. The Morgan fingerprint density at radius 2 is 2.10 bits per heavy atom. The van der Waals surface area contributed by atoms with Crippen molar-refractivity contribution in [1.82, 2.24) is 0 Å². The highest BCUT2D eigenvalue weighted by molar-refractivity contribution is 5.95. The molecule has 1 saturated heterocycles. The Labute approximate surface area is 118 Å². The first-order valence-corrected chi connectivity index (χ1v) is 6.90. The standard InChI is InChI=1S/C15H19NO4/c1-2-9-20-15(18)11-5-7-12(8-6-11)16-14(17)13-4-3-10-19-13/h5-8,13H,2-4,9-10H2,1H3,(H,16,17)/t13-/m0/s1. The van der Waals surface area contributed by atoms with Crippen LogP contribution >= 0.6 is 0 Å². The van der Waals surface area contributed by atoms with Crippen molar-refractivity contribution in [3.63, 3.8) is 0 Å². The number of rotatable bonds is 5. The largest absolute Gasteiger partial charge is 0.462 e. The second-order valence-corrected chi connectivity index (χ2v) is 4.70. The van der Waals surface area contributed by atoms with Crippen LogP contribution in [0.1, 0.15) is 36.5 Å². The molecule has 1 amide bonds. The molecule has 0 unspecified atom stereocenters. The molecular formula is C15H19NO4. The van der Waals surface area contributed by atoms with Gasteiger partial charge in [-0.15, -0.1) is 0 Å². The fourth-order valence-electron chi connectivity index (χ4n) is 1.97. The summed E-state index contributed by atoms with van der Waals surface area (Å²) in [7, 11) is 0. The van der Waals surface area contributed by atoms with E-state index in [4.69, 9.17) is 9.47 Å². The van der Waals surface area contributed by atoms with Crippen molar-refractivity contribution in [1.29, 1.82) is 0 Å². The zero-order valence-electron chi connectivity index (χ0n) is 11.6. The van der Waals surface area contributed by atoms with Gasteiger partial charge >= 0.3 is 5.97 Å². The first-order valence-electron chi connectivity index (χ1n) is 6.90. The number of carbonyl (C=O) groups is 2. The second kappa shape index (κ2) is 7.05. The summed E-state index contributed by atoms with van der Waals surface area (Å²) in [5.41, 5.74) is 1.13. The molecule has 1 aliphatic rings. The fraction of sp³-hybridized carbons (Fsp3) is 0.467. The van der Waals surface area contributed by atoms with Crippen molar-refractivity contribution < 1.29 is 19.1 Å². The van der Waals surface area contributed by atoms with Crippen molar-refractivity contribution >= 4 is 17.6 Å². The van der Waals surface area contributed by atoms with E-state index in [0.717, 1.165) is 19.3 Å². The third-order valence-corrected chi connectivity index (χ3v) is 3.05. The molecular weight excluding hydrogens is 258 g/mol. The molecule has 2 rings (SSSR count). The molecule has 1 fully saturated rings. The number of anilines is 1. The molecule has 1 heterocycles. The minimum atomic E-state index is -0.357. The van der Waals surface area contributed by atoms with Crippen LogP contribution in [0.5, 0.6) is 0 Å². The molecule has 20 heavy (non-hydrogen) atoms. The lowest BCUT2D eigenvalue weighted by molar-refractivity contribution is -0.124. The minimum Gasteiger partial charge on any atom is -0.462 e. The van der Waals surface area contributed by atoms with Gasteiger partial charge in [0.25, 0.3) is 5.91 Å². The molecule has 1 aromatic rings. The normalized spacial score (nSPS) is 17.8. The van der Waals surface area contributed by atoms with Crippen molar-refractivity contribution in [3.8, 4) is 0 Å². The second-order valence-electron chi connectivity index (χ2n) is 4.70. The fourth-order valence-corrected chi connectivity index (χ4v) is 1.97. The zero-order valence-corrected chi connectivity index (χ0v) is 11.6. The molecule has 0 radical (unpaired) electrons. The van der Waals surface area contributed by atoms with Crippen LogP contribution in [-0.4, -0.2) is 31.2 Å². The summed E-state index contributed by atoms with van der Waals surface area (Å²) < 4.78 is 10.3. The molecule has 5 heteroatoms. The Morgan fingerprint density at radius 3 is 2.70 bits per heavy atom. The van der Waals surface area contributed by atoms with Gasteiger partial charge in [0.05, 0.1) is 12.2 Å². The molecule has 1 aromatic carbocycles. The average Bonchev–Trinajstić information content (AvgIpc) is 3.00. The molecule has 0 bridgehead atoms. The zero-order chi connectivity index (χ0) is 14.4. The monoisotopic (exact) mass is 277 g/mol. The number of hydrogen-bond acceptors (Lipinski definition) is 4. The van der Waals surface area contributed by atoms with Crippen LogP contribution < -0.4 is 5.32 Å². The highest BCUT2D eigenvalue weighted by Crippen LogP contribution is 2.16. The number of esters is 1. The van der Waals surface area contributed by atoms with E-state index in [-0.39, 0.29) is 18.0 Å². The summed E-state index contributed by atoms with van der Waals surface area (Å²) in [6.07, 6.45) is 2.11. The highest BCUT2D eigenvalue weighted by atomic mass is 16.5. The molecule has 1 aliphatic heterocycles. The molecule has 1 N–H and O–H groups in total. The summed E-state index contributed by atoms with van der Waals surface area (Å²) >= 11 is 0. The minimum absolute atomic E-state index is 0.135. The lowest BCUT2D eigenvalue weighted by Gasteiger charge is -2.10. The van der Waals surface area contributed by atoms with Gasteiger partial charge in [-0.1, -0.05) is 6.92 Å². The Morgan fingerprint density at radius 1 is 1.35 bits per heavy atom. The number of benzene rings is 1. The number of carbonyl (C=O) groups excluding carboxylic acids is 2. The maximum Gasteiger partial charge on any atom is 0.338 e. The number of nitrogens with one attached hydrogen (secondary N) is 1. The number of hydrogen-bond donors (Lipinski definition) is 1. The Hall–Kier alpha value is -1.88. The molecule has 0 saturated carbocycles. The topological polar surface area (TPSA) is 64.6 Å². The van der Waals surface area contributed by atoms with E-state index in [0.29, 0.717) is 24.5 Å². The number of ether oxygens (including phenoxy) is 2. The van der Waals surface area contributed by atoms with Crippen LogP contribution in [0.4, 0.5) is 5.69 Å². The Kier molecular flexibility index (Phi) is 5.12. The summed E-state index contributed by atoms with van der Waals surface area (Å²) in [6, 6.07) is 6.66. The van der Waals surface area contributed by atoms with Gasteiger partial charge in [-0.25, -0.2) is 4.79 Å². The SMILES string of the molecule is CCCOC(=O)c1ccc(NC(=O)[C@@H]2CCCO2)cc1. The van der Waals surface area contributed by atoms with Crippen LogP contribution in [-0.2, 0) is 14.3 Å². The third kappa shape index (κ3) is 3.81. The van der Waals surface area contributed by atoms with Crippen molar-refractivity contribution in [2.75, 3.05) is 18.5 Å². The van der Waals surface area contributed by atoms with E-state index < -0.39 is 0 Å². The Balaban J connectivity index is 1.90. The van der Waals surface area contributed by atoms with Crippen LogP contribution in [0, 0.1) is 0 Å². The van der Waals surface area contributed by atoms with Crippen LogP contribution in [0.25, 0.3) is 0 Å². The van der Waals surface area contributed by atoms with E-state index in [2.05, 4.69) is 5.32 Å². The smallest absolute Gasteiger partial charge is 0.338 e. The molecule has 108 valence electrons. The maximum absolute atomic E-state index is 11.8. The van der Waals surface area contributed by atoms with Gasteiger partial charge in [0.15, 0.2) is 0 Å². The van der Waals surface area contributed by atoms with Crippen molar-refractivity contribution in [2.45, 2.75) is 32.3 Å². The van der Waals surface area contributed by atoms with Gasteiger partial charge in [-0.3, -0.25) is 4.79 Å². The average molecular weight is 277 g/mol. The lowest BCUT2D eigenvalue weighted by atomic mass is 10.2. The first-order chi connectivity index (χ1) is 9.70. The maximum atomic E-state index is 11.8. The summed E-state index contributed by atoms with van der Waals surface area (Å²) in [6.45, 7) is 2.99. The van der Waals surface area contributed by atoms with Crippen LogP contribution in [0.3, 0.4) is 0 Å². The lowest BCUT2D eigenvalue weighted by Crippen LogP contribution is -2.26. The third-order valence-electron chi connectivity index (χ3n) is 3.05. The van der Waals surface area contributed by atoms with Gasteiger partial charge in [-0.05, 0) is 43.5 Å². The van der Waals surface area contributed by atoms with E-state index in [1.54, 1.807) is 24.3 Å². The molecule has 1 atom stereocenters. The summed E-state index contributed by atoms with van der Waals surface area (Å²) in [5, 5.41) is 2.78. The van der Waals surface area contributed by atoms with Gasteiger partial charge in [0, 0.05) is 12.3 Å². The van der Waals surface area contributed by atoms with E-state index in [1.165, 1.54) is 0 Å². The van der Waals surface area contributed by atoms with Gasteiger partial charge < -0.3 is 14.8 Å². The molecule has 0 spiro atoms. The first kappa shape index (κ1) is 14.5. The quantitative estimate of drug-likeness (QED) is 0.839. The van der Waals surface area contributed by atoms with E-state index in [1.807, 2.05) is 6.92 Å².